The average molecular weight is 223 g/mol. The van der Waals surface area contributed by atoms with Crippen LogP contribution in [0.25, 0.3) is 0 Å². The van der Waals surface area contributed by atoms with E-state index in [9.17, 15) is 4.79 Å². The number of amides is 1. The van der Waals surface area contributed by atoms with Crippen molar-refractivity contribution in [2.24, 2.45) is 5.92 Å². The lowest BCUT2D eigenvalue weighted by Crippen LogP contribution is -2.39. The highest BCUT2D eigenvalue weighted by atomic mass is 16.2. The SMILES string of the molecule is C[C@H]1CCC[C@H](NC(=O)Cn2cnnn2)C1. The number of hydrogen-bond donors (Lipinski definition) is 1. The van der Waals surface area contributed by atoms with Gasteiger partial charge in [0.25, 0.3) is 0 Å². The number of tetrazole rings is 1. The Morgan fingerprint density at radius 2 is 2.44 bits per heavy atom. The summed E-state index contributed by atoms with van der Waals surface area (Å²) in [5, 5.41) is 13.7. The van der Waals surface area contributed by atoms with E-state index in [0.29, 0.717) is 12.0 Å². The monoisotopic (exact) mass is 223 g/mol. The van der Waals surface area contributed by atoms with E-state index in [1.807, 2.05) is 0 Å². The molecule has 1 N–H and O–H groups in total. The largest absolute Gasteiger partial charge is 0.352 e. The van der Waals surface area contributed by atoms with Crippen molar-refractivity contribution < 1.29 is 4.79 Å². The highest BCUT2D eigenvalue weighted by Gasteiger charge is 2.20. The number of hydrogen-bond acceptors (Lipinski definition) is 4. The molecule has 1 heterocycles. The van der Waals surface area contributed by atoms with Crippen LogP contribution in [-0.2, 0) is 11.3 Å². The highest BCUT2D eigenvalue weighted by Crippen LogP contribution is 2.23. The van der Waals surface area contributed by atoms with Crippen molar-refractivity contribution in [3.05, 3.63) is 6.33 Å². The van der Waals surface area contributed by atoms with Crippen molar-refractivity contribution in [1.82, 2.24) is 25.5 Å². The molecule has 16 heavy (non-hydrogen) atoms. The van der Waals surface area contributed by atoms with Crippen molar-refractivity contribution in [3.63, 3.8) is 0 Å². The van der Waals surface area contributed by atoms with Crippen LogP contribution in [-0.4, -0.2) is 32.2 Å². The lowest BCUT2D eigenvalue weighted by molar-refractivity contribution is -0.122. The first-order chi connectivity index (χ1) is 7.74. The molecule has 6 heteroatoms. The van der Waals surface area contributed by atoms with Crippen LogP contribution in [0.2, 0.25) is 0 Å². The summed E-state index contributed by atoms with van der Waals surface area (Å²) in [7, 11) is 0. The van der Waals surface area contributed by atoms with Gasteiger partial charge in [-0.2, -0.15) is 0 Å². The molecule has 0 aromatic carbocycles. The Hall–Kier alpha value is -1.46. The van der Waals surface area contributed by atoms with E-state index in [-0.39, 0.29) is 12.5 Å². The third-order valence-electron chi connectivity index (χ3n) is 3.00. The van der Waals surface area contributed by atoms with Gasteiger partial charge in [0.1, 0.15) is 12.9 Å². The van der Waals surface area contributed by atoms with Crippen LogP contribution in [0.1, 0.15) is 32.6 Å². The first-order valence-electron chi connectivity index (χ1n) is 5.74. The minimum atomic E-state index is -0.00796. The summed E-state index contributed by atoms with van der Waals surface area (Å²) in [6.45, 7) is 2.44. The summed E-state index contributed by atoms with van der Waals surface area (Å²) < 4.78 is 1.43. The maximum atomic E-state index is 11.7. The third-order valence-corrected chi connectivity index (χ3v) is 3.00. The van der Waals surface area contributed by atoms with Gasteiger partial charge in [-0.25, -0.2) is 4.68 Å². The molecule has 1 aliphatic rings. The van der Waals surface area contributed by atoms with E-state index in [1.165, 1.54) is 23.9 Å². The van der Waals surface area contributed by atoms with Gasteiger partial charge >= 0.3 is 0 Å². The molecule has 0 spiro atoms. The van der Waals surface area contributed by atoms with Crippen LogP contribution in [0.3, 0.4) is 0 Å². The van der Waals surface area contributed by atoms with Gasteiger partial charge in [0.05, 0.1) is 0 Å². The van der Waals surface area contributed by atoms with Gasteiger partial charge in [-0.3, -0.25) is 4.79 Å². The van der Waals surface area contributed by atoms with Gasteiger partial charge < -0.3 is 5.32 Å². The van der Waals surface area contributed by atoms with E-state index < -0.39 is 0 Å². The van der Waals surface area contributed by atoms with Gasteiger partial charge in [0.2, 0.25) is 5.91 Å². The number of rotatable bonds is 3. The zero-order valence-corrected chi connectivity index (χ0v) is 9.46. The Kier molecular flexibility index (Phi) is 3.48. The highest BCUT2D eigenvalue weighted by molar-refractivity contribution is 5.75. The second-order valence-corrected chi connectivity index (χ2v) is 4.54. The van der Waals surface area contributed by atoms with Crippen molar-refractivity contribution >= 4 is 5.91 Å². The predicted molar refractivity (Wildman–Crippen MR) is 57.4 cm³/mol. The standard InChI is InChI=1S/C10H17N5O/c1-8-3-2-4-9(5-8)12-10(16)6-15-7-11-13-14-15/h7-9H,2-6H2,1H3,(H,12,16)/t8-,9-/m0/s1. The van der Waals surface area contributed by atoms with Gasteiger partial charge in [-0.15, -0.1) is 5.10 Å². The van der Waals surface area contributed by atoms with E-state index in [4.69, 9.17) is 0 Å². The fourth-order valence-electron chi connectivity index (χ4n) is 2.24. The predicted octanol–water partition coefficient (Wildman–Crippen LogP) is 0.368. The molecular weight excluding hydrogens is 206 g/mol. The zero-order chi connectivity index (χ0) is 11.4. The van der Waals surface area contributed by atoms with E-state index in [0.717, 1.165) is 12.8 Å². The summed E-state index contributed by atoms with van der Waals surface area (Å²) >= 11 is 0. The first kappa shape index (κ1) is 11.0. The molecule has 0 aliphatic heterocycles. The van der Waals surface area contributed by atoms with Gasteiger partial charge in [-0.1, -0.05) is 19.8 Å². The second-order valence-electron chi connectivity index (χ2n) is 4.54. The first-order valence-corrected chi connectivity index (χ1v) is 5.74. The molecule has 2 atom stereocenters. The summed E-state index contributed by atoms with van der Waals surface area (Å²) in [4.78, 5) is 11.7. The third kappa shape index (κ3) is 3.01. The second kappa shape index (κ2) is 5.05. The summed E-state index contributed by atoms with van der Waals surface area (Å²) in [5.74, 6) is 0.707. The maximum Gasteiger partial charge on any atom is 0.242 e. The Morgan fingerprint density at radius 3 is 3.12 bits per heavy atom. The smallest absolute Gasteiger partial charge is 0.242 e. The van der Waals surface area contributed by atoms with Gasteiger partial charge in [0.15, 0.2) is 0 Å². The molecule has 1 saturated carbocycles. The van der Waals surface area contributed by atoms with Crippen LogP contribution in [0.4, 0.5) is 0 Å². The lowest BCUT2D eigenvalue weighted by atomic mass is 9.87. The van der Waals surface area contributed by atoms with Crippen molar-refractivity contribution in [2.45, 2.75) is 45.2 Å². The van der Waals surface area contributed by atoms with E-state index in [1.54, 1.807) is 0 Å². The fourth-order valence-corrected chi connectivity index (χ4v) is 2.24. The van der Waals surface area contributed by atoms with Crippen molar-refractivity contribution in [2.75, 3.05) is 0 Å². The maximum absolute atomic E-state index is 11.7. The topological polar surface area (TPSA) is 72.7 Å². The molecule has 2 rings (SSSR count). The molecular formula is C10H17N5O. The van der Waals surface area contributed by atoms with Crippen LogP contribution < -0.4 is 5.32 Å². The van der Waals surface area contributed by atoms with E-state index >= 15 is 0 Å². The number of carbonyl (C=O) groups excluding carboxylic acids is 1. The van der Waals surface area contributed by atoms with Gasteiger partial charge in [-0.05, 0) is 29.2 Å². The molecule has 88 valence electrons. The molecule has 0 saturated heterocycles. The van der Waals surface area contributed by atoms with E-state index in [2.05, 4.69) is 27.8 Å². The minimum Gasteiger partial charge on any atom is -0.352 e. The lowest BCUT2D eigenvalue weighted by Gasteiger charge is -2.27. The molecule has 1 aromatic rings. The molecule has 0 unspecified atom stereocenters. The molecule has 1 aromatic heterocycles. The van der Waals surface area contributed by atoms with Crippen LogP contribution in [0, 0.1) is 5.92 Å². The molecule has 6 nitrogen and oxygen atoms in total. The van der Waals surface area contributed by atoms with Crippen LogP contribution in [0.5, 0.6) is 0 Å². The molecule has 1 fully saturated rings. The summed E-state index contributed by atoms with van der Waals surface area (Å²) in [5.41, 5.74) is 0. The van der Waals surface area contributed by atoms with Crippen LogP contribution in [0.15, 0.2) is 6.33 Å². The Bertz CT molecular complexity index is 337. The fraction of sp³-hybridized carbons (Fsp3) is 0.800. The van der Waals surface area contributed by atoms with Crippen molar-refractivity contribution in [1.29, 1.82) is 0 Å². The Morgan fingerprint density at radius 1 is 1.56 bits per heavy atom. The molecule has 0 radical (unpaired) electrons. The quantitative estimate of drug-likeness (QED) is 0.803. The van der Waals surface area contributed by atoms with Crippen molar-refractivity contribution in [3.8, 4) is 0 Å². The summed E-state index contributed by atoms with van der Waals surface area (Å²) in [6, 6.07) is 0.327. The number of carbonyl (C=O) groups is 1. The Labute approximate surface area is 94.4 Å². The average Bonchev–Trinajstić information content (AvgIpc) is 2.70. The number of aromatic nitrogens is 4. The molecule has 1 amide bonds. The number of nitrogens with one attached hydrogen (secondary N) is 1. The van der Waals surface area contributed by atoms with Gasteiger partial charge in [0, 0.05) is 6.04 Å². The normalized spacial score (nSPS) is 25.3. The summed E-state index contributed by atoms with van der Waals surface area (Å²) in [6.07, 6.45) is 6.10. The molecule has 0 bridgehead atoms. The molecule has 1 aliphatic carbocycles. The minimum absolute atomic E-state index is 0.00796. The number of nitrogens with zero attached hydrogens (tertiary/aromatic N) is 4. The Balaban J connectivity index is 1.78. The zero-order valence-electron chi connectivity index (χ0n) is 9.46. The van der Waals surface area contributed by atoms with Crippen LogP contribution >= 0.6 is 0 Å².